The lowest BCUT2D eigenvalue weighted by Gasteiger charge is -2.06. The first-order valence-corrected chi connectivity index (χ1v) is 6.05. The molecule has 0 aliphatic carbocycles. The molecule has 0 saturated carbocycles. The van der Waals surface area contributed by atoms with E-state index < -0.39 is 54.1 Å². The maximum Gasteiger partial charge on any atom is 0.306 e. The summed E-state index contributed by atoms with van der Waals surface area (Å²) >= 11 is 0. The molecule has 2 rings (SSSR count). The molecule has 0 atom stereocenters. The van der Waals surface area contributed by atoms with Gasteiger partial charge in [-0.05, 0) is 0 Å². The minimum atomic E-state index is -1.06. The molecule has 0 radical (unpaired) electrons. The summed E-state index contributed by atoms with van der Waals surface area (Å²) in [4.78, 5) is 46.6. The second kappa shape index (κ2) is 6.44. The molecular formula is C10H5N7O8. The third-order valence-corrected chi connectivity index (χ3v) is 2.77. The molecule has 0 saturated heterocycles. The van der Waals surface area contributed by atoms with E-state index in [1.807, 2.05) is 0 Å². The Balaban J connectivity index is 2.58. The topological polar surface area (TPSA) is 210 Å². The number of anilines is 2. The number of non-ortho nitro benzene ring substituents is 1. The predicted molar refractivity (Wildman–Crippen MR) is 78.4 cm³/mol. The largest absolute Gasteiger partial charge is 0.313 e. The van der Waals surface area contributed by atoms with E-state index in [1.165, 1.54) is 0 Å². The van der Waals surface area contributed by atoms with Gasteiger partial charge < -0.3 is 5.32 Å². The van der Waals surface area contributed by atoms with Crippen LogP contribution in [0.3, 0.4) is 0 Å². The van der Waals surface area contributed by atoms with Crippen LogP contribution < -0.4 is 5.32 Å². The standard InChI is InChI=1S/C10H5N7O8/c18-14(19)5-1-7(16(22)23)9(8(2-5)17(24)25)13-10-11-3-6(4-12-10)15(20)21/h1-4H,(H,11,12,13). The third kappa shape index (κ3) is 3.55. The number of hydrogen-bond acceptors (Lipinski definition) is 11. The molecule has 0 unspecified atom stereocenters. The summed E-state index contributed by atoms with van der Waals surface area (Å²) in [6, 6.07) is 1.06. The second-order valence-corrected chi connectivity index (χ2v) is 4.28. The summed E-state index contributed by atoms with van der Waals surface area (Å²) in [5, 5.41) is 45.7. The fourth-order valence-corrected chi connectivity index (χ4v) is 1.71. The minimum absolute atomic E-state index is 0.411. The number of aromatic nitrogens is 2. The van der Waals surface area contributed by atoms with Gasteiger partial charge in [0.15, 0.2) is 5.69 Å². The average Bonchev–Trinajstić information content (AvgIpc) is 2.54. The summed E-state index contributed by atoms with van der Waals surface area (Å²) < 4.78 is 0. The van der Waals surface area contributed by atoms with Crippen molar-refractivity contribution < 1.29 is 19.7 Å². The van der Waals surface area contributed by atoms with Gasteiger partial charge in [-0.3, -0.25) is 40.5 Å². The van der Waals surface area contributed by atoms with Gasteiger partial charge in [0, 0.05) is 0 Å². The summed E-state index contributed by atoms with van der Waals surface area (Å²) in [6.45, 7) is 0. The molecule has 2 aromatic rings. The van der Waals surface area contributed by atoms with Crippen LogP contribution in [0.4, 0.5) is 34.4 Å². The Morgan fingerprint density at radius 3 is 1.52 bits per heavy atom. The lowest BCUT2D eigenvalue weighted by atomic mass is 10.2. The molecule has 25 heavy (non-hydrogen) atoms. The molecule has 128 valence electrons. The lowest BCUT2D eigenvalue weighted by molar-refractivity contribution is -0.401. The van der Waals surface area contributed by atoms with Crippen LogP contribution in [-0.4, -0.2) is 29.7 Å². The first kappa shape index (κ1) is 17.1. The Hall–Kier alpha value is -4.30. The fourth-order valence-electron chi connectivity index (χ4n) is 1.71. The van der Waals surface area contributed by atoms with E-state index in [0.29, 0.717) is 12.1 Å². The Morgan fingerprint density at radius 1 is 0.720 bits per heavy atom. The Bertz CT molecular complexity index is 862. The van der Waals surface area contributed by atoms with Gasteiger partial charge in [0.05, 0.1) is 31.8 Å². The second-order valence-electron chi connectivity index (χ2n) is 4.28. The van der Waals surface area contributed by atoms with Crippen LogP contribution in [0, 0.1) is 40.5 Å². The van der Waals surface area contributed by atoms with E-state index in [2.05, 4.69) is 15.3 Å². The fraction of sp³-hybridized carbons (Fsp3) is 0. The quantitative estimate of drug-likeness (QED) is 0.585. The first-order chi connectivity index (χ1) is 11.7. The molecule has 1 aromatic carbocycles. The minimum Gasteiger partial charge on any atom is -0.313 e. The predicted octanol–water partition coefficient (Wildman–Crippen LogP) is 1.85. The van der Waals surface area contributed by atoms with Gasteiger partial charge in [-0.25, -0.2) is 9.97 Å². The van der Waals surface area contributed by atoms with Gasteiger partial charge in [0.1, 0.15) is 12.4 Å². The highest BCUT2D eigenvalue weighted by molar-refractivity contribution is 5.79. The molecule has 0 fully saturated rings. The van der Waals surface area contributed by atoms with Crippen molar-refractivity contribution >= 4 is 34.4 Å². The zero-order chi connectivity index (χ0) is 18.7. The van der Waals surface area contributed by atoms with Crippen LogP contribution in [-0.2, 0) is 0 Å². The van der Waals surface area contributed by atoms with E-state index in [4.69, 9.17) is 0 Å². The summed E-state index contributed by atoms with van der Waals surface area (Å²) in [5.74, 6) is -0.411. The zero-order valence-corrected chi connectivity index (χ0v) is 11.8. The van der Waals surface area contributed by atoms with E-state index in [-0.39, 0.29) is 0 Å². The number of nitrogens with one attached hydrogen (secondary N) is 1. The maximum atomic E-state index is 11.1. The molecule has 0 bridgehead atoms. The maximum absolute atomic E-state index is 11.1. The van der Waals surface area contributed by atoms with Crippen LogP contribution in [0.2, 0.25) is 0 Å². The van der Waals surface area contributed by atoms with Crippen molar-refractivity contribution in [2.75, 3.05) is 5.32 Å². The highest BCUT2D eigenvalue weighted by Gasteiger charge is 2.31. The monoisotopic (exact) mass is 351 g/mol. The highest BCUT2D eigenvalue weighted by atomic mass is 16.6. The van der Waals surface area contributed by atoms with Gasteiger partial charge in [-0.1, -0.05) is 0 Å². The third-order valence-electron chi connectivity index (χ3n) is 2.77. The van der Waals surface area contributed by atoms with Gasteiger partial charge in [0.25, 0.3) is 5.69 Å². The van der Waals surface area contributed by atoms with Crippen LogP contribution in [0.5, 0.6) is 0 Å². The number of benzene rings is 1. The van der Waals surface area contributed by atoms with Crippen molar-refractivity contribution in [1.82, 2.24) is 9.97 Å². The Labute approximate surface area is 135 Å². The molecule has 15 heteroatoms. The van der Waals surface area contributed by atoms with Crippen molar-refractivity contribution in [1.29, 1.82) is 0 Å². The highest BCUT2D eigenvalue weighted by Crippen LogP contribution is 2.39. The number of nitro groups is 4. The van der Waals surface area contributed by atoms with Crippen molar-refractivity contribution in [3.05, 3.63) is 65.0 Å². The van der Waals surface area contributed by atoms with Crippen LogP contribution in [0.1, 0.15) is 0 Å². The number of rotatable bonds is 6. The normalized spacial score (nSPS) is 10.1. The van der Waals surface area contributed by atoms with Gasteiger partial charge in [-0.15, -0.1) is 0 Å². The number of nitro benzene ring substituents is 3. The molecule has 0 amide bonds. The van der Waals surface area contributed by atoms with Crippen molar-refractivity contribution in [3.8, 4) is 0 Å². The Kier molecular flexibility index (Phi) is 4.40. The van der Waals surface area contributed by atoms with E-state index >= 15 is 0 Å². The van der Waals surface area contributed by atoms with Crippen LogP contribution in [0.15, 0.2) is 24.5 Å². The first-order valence-electron chi connectivity index (χ1n) is 6.05. The summed E-state index contributed by atoms with van der Waals surface area (Å²) in [7, 11) is 0. The molecular weight excluding hydrogens is 346 g/mol. The van der Waals surface area contributed by atoms with E-state index in [9.17, 15) is 40.5 Å². The molecule has 1 heterocycles. The number of nitrogens with zero attached hydrogens (tertiary/aromatic N) is 6. The SMILES string of the molecule is O=[N+]([O-])c1cnc(Nc2c([N+](=O)[O-])cc([N+](=O)[O-])cc2[N+](=O)[O-])nc1. The molecule has 1 aromatic heterocycles. The number of hydrogen-bond donors (Lipinski definition) is 1. The van der Waals surface area contributed by atoms with Crippen LogP contribution >= 0.6 is 0 Å². The molecule has 1 N–H and O–H groups in total. The van der Waals surface area contributed by atoms with Gasteiger partial charge in [-0.2, -0.15) is 0 Å². The summed E-state index contributed by atoms with van der Waals surface area (Å²) in [5.41, 5.74) is -3.94. The molecule has 0 spiro atoms. The van der Waals surface area contributed by atoms with Crippen molar-refractivity contribution in [3.63, 3.8) is 0 Å². The molecule has 15 nitrogen and oxygen atoms in total. The average molecular weight is 351 g/mol. The molecule has 0 aliphatic heterocycles. The van der Waals surface area contributed by atoms with Gasteiger partial charge in [0.2, 0.25) is 5.95 Å². The van der Waals surface area contributed by atoms with Crippen molar-refractivity contribution in [2.45, 2.75) is 0 Å². The molecule has 0 aliphatic rings. The Morgan fingerprint density at radius 2 is 1.16 bits per heavy atom. The van der Waals surface area contributed by atoms with Gasteiger partial charge >= 0.3 is 17.1 Å². The van der Waals surface area contributed by atoms with Crippen molar-refractivity contribution in [2.24, 2.45) is 0 Å². The summed E-state index contributed by atoms with van der Waals surface area (Å²) in [6.07, 6.45) is 1.55. The zero-order valence-electron chi connectivity index (χ0n) is 11.8. The van der Waals surface area contributed by atoms with E-state index in [0.717, 1.165) is 12.4 Å². The van der Waals surface area contributed by atoms with E-state index in [1.54, 1.807) is 0 Å². The smallest absolute Gasteiger partial charge is 0.306 e. The van der Waals surface area contributed by atoms with Crippen LogP contribution in [0.25, 0.3) is 0 Å². The lowest BCUT2D eigenvalue weighted by Crippen LogP contribution is -2.05.